The van der Waals surface area contributed by atoms with Crippen LogP contribution in [0.1, 0.15) is 24.1 Å². The van der Waals surface area contributed by atoms with Crippen molar-refractivity contribution in [3.05, 3.63) is 65.5 Å². The van der Waals surface area contributed by atoms with Gasteiger partial charge in [0.05, 0.1) is 17.5 Å². The van der Waals surface area contributed by atoms with E-state index >= 15 is 0 Å². The minimum atomic E-state index is -3.84. The van der Waals surface area contributed by atoms with E-state index in [1.807, 2.05) is 19.0 Å². The van der Waals surface area contributed by atoms with Crippen molar-refractivity contribution in [1.29, 1.82) is 0 Å². The largest absolute Gasteiger partial charge is 0.331 e. The van der Waals surface area contributed by atoms with Crippen molar-refractivity contribution >= 4 is 16.1 Å². The number of amides is 2. The molecule has 29 heavy (non-hydrogen) atoms. The van der Waals surface area contributed by atoms with Crippen molar-refractivity contribution in [3.8, 4) is 0 Å². The summed E-state index contributed by atoms with van der Waals surface area (Å²) in [5.41, 5.74) is 1.02. The lowest BCUT2D eigenvalue weighted by molar-refractivity contribution is 0.185. The molecule has 1 unspecified atom stereocenters. The smallest absolute Gasteiger partial charge is 0.318 e. The third-order valence-corrected chi connectivity index (χ3v) is 5.36. The van der Waals surface area contributed by atoms with Crippen LogP contribution >= 0.6 is 0 Å². The molecule has 0 fully saturated rings. The van der Waals surface area contributed by atoms with Crippen molar-refractivity contribution in [2.75, 3.05) is 27.2 Å². The number of likely N-dealkylation sites (N-methyl/N-ethyl adjacent to an activating group) is 1. The zero-order chi connectivity index (χ0) is 21.6. The molecule has 0 aliphatic rings. The van der Waals surface area contributed by atoms with Crippen molar-refractivity contribution < 1.29 is 17.6 Å². The number of hydrogen-bond donors (Lipinski definition) is 2. The third kappa shape index (κ3) is 6.81. The van der Waals surface area contributed by atoms with Crippen LogP contribution in [0, 0.1) is 5.82 Å². The van der Waals surface area contributed by atoms with Crippen molar-refractivity contribution in [3.63, 3.8) is 0 Å². The first-order valence-corrected chi connectivity index (χ1v) is 10.7. The fourth-order valence-electron chi connectivity index (χ4n) is 2.73. The molecule has 7 nitrogen and oxygen atoms in total. The summed E-state index contributed by atoms with van der Waals surface area (Å²) >= 11 is 0. The first-order valence-electron chi connectivity index (χ1n) is 9.14. The molecule has 0 radical (unpaired) electrons. The average Bonchev–Trinajstić information content (AvgIpc) is 2.65. The molecule has 2 rings (SSSR count). The Morgan fingerprint density at radius 2 is 1.83 bits per heavy atom. The Balaban J connectivity index is 2.17. The fourth-order valence-corrected chi connectivity index (χ4v) is 3.29. The van der Waals surface area contributed by atoms with E-state index in [-0.39, 0.29) is 23.3 Å². The standard InChI is InChI=1S/C20H27FN4O3S/c1-15(16-8-6-9-18(13-16)29(22,27)28)23-20(26)25(12-11-24(2)3)14-17-7-4-5-10-19(17)21/h4-10,13,15H,11-12,14H2,1-3H3,(H,23,26)(H2,22,27,28). The van der Waals surface area contributed by atoms with E-state index in [1.165, 1.54) is 23.1 Å². The summed E-state index contributed by atoms with van der Waals surface area (Å²) in [5, 5.41) is 8.03. The molecule has 0 spiro atoms. The Kier molecular flexibility index (Phi) is 7.72. The maximum Gasteiger partial charge on any atom is 0.318 e. The Bertz CT molecular complexity index is 950. The predicted molar refractivity (Wildman–Crippen MR) is 110 cm³/mol. The fraction of sp³-hybridized carbons (Fsp3) is 0.350. The number of nitrogens with two attached hydrogens (primary N) is 1. The van der Waals surface area contributed by atoms with Crippen molar-refractivity contribution in [2.45, 2.75) is 24.4 Å². The highest BCUT2D eigenvalue weighted by Gasteiger charge is 2.19. The molecule has 0 bridgehead atoms. The van der Waals surface area contributed by atoms with Crippen LogP contribution in [0.15, 0.2) is 53.4 Å². The number of urea groups is 1. The number of hydrogen-bond acceptors (Lipinski definition) is 4. The summed E-state index contributed by atoms with van der Waals surface area (Å²) in [6, 6.07) is 11.6. The summed E-state index contributed by atoms with van der Waals surface area (Å²) in [6.45, 7) is 2.87. The second-order valence-electron chi connectivity index (χ2n) is 7.10. The van der Waals surface area contributed by atoms with E-state index in [0.29, 0.717) is 24.2 Å². The summed E-state index contributed by atoms with van der Waals surface area (Å²) in [7, 11) is -0.0587. The van der Waals surface area contributed by atoms with Crippen LogP contribution in [0.2, 0.25) is 0 Å². The Labute approximate surface area is 171 Å². The minimum absolute atomic E-state index is 0.0214. The number of nitrogens with one attached hydrogen (secondary N) is 1. The molecule has 3 N–H and O–H groups in total. The molecule has 9 heteroatoms. The molecule has 2 amide bonds. The van der Waals surface area contributed by atoms with Crippen LogP contribution in [-0.2, 0) is 16.6 Å². The van der Waals surface area contributed by atoms with E-state index in [0.717, 1.165) is 0 Å². The molecule has 0 heterocycles. The van der Waals surface area contributed by atoms with Gasteiger partial charge in [0.15, 0.2) is 0 Å². The molecular weight excluding hydrogens is 395 g/mol. The zero-order valence-corrected chi connectivity index (χ0v) is 17.6. The highest BCUT2D eigenvalue weighted by atomic mass is 32.2. The van der Waals surface area contributed by atoms with Gasteiger partial charge >= 0.3 is 6.03 Å². The lowest BCUT2D eigenvalue weighted by Crippen LogP contribution is -2.43. The Hall–Kier alpha value is -2.49. The molecule has 0 saturated carbocycles. The van der Waals surface area contributed by atoms with Crippen LogP contribution in [0.4, 0.5) is 9.18 Å². The van der Waals surface area contributed by atoms with Gasteiger partial charge in [0.25, 0.3) is 0 Å². The van der Waals surface area contributed by atoms with Gasteiger partial charge in [0.1, 0.15) is 5.82 Å². The second kappa shape index (κ2) is 9.82. The molecule has 0 aromatic heterocycles. The quantitative estimate of drug-likeness (QED) is 0.682. The van der Waals surface area contributed by atoms with Gasteiger partial charge in [-0.2, -0.15) is 0 Å². The summed E-state index contributed by atoms with van der Waals surface area (Å²) < 4.78 is 37.2. The molecule has 158 valence electrons. The van der Waals surface area contributed by atoms with Gasteiger partial charge in [0.2, 0.25) is 10.0 Å². The lowest BCUT2D eigenvalue weighted by atomic mass is 10.1. The van der Waals surface area contributed by atoms with Crippen LogP contribution in [0.5, 0.6) is 0 Å². The normalized spacial score (nSPS) is 12.6. The van der Waals surface area contributed by atoms with E-state index in [1.54, 1.807) is 37.3 Å². The van der Waals surface area contributed by atoms with Crippen LogP contribution in [-0.4, -0.2) is 51.4 Å². The predicted octanol–water partition coefficient (Wildman–Crippen LogP) is 2.31. The summed E-state index contributed by atoms with van der Waals surface area (Å²) in [4.78, 5) is 16.3. The number of sulfonamides is 1. The highest BCUT2D eigenvalue weighted by Crippen LogP contribution is 2.18. The number of rotatable bonds is 8. The topological polar surface area (TPSA) is 95.7 Å². The van der Waals surface area contributed by atoms with Gasteiger partial charge in [-0.3, -0.25) is 0 Å². The molecule has 2 aromatic carbocycles. The summed E-state index contributed by atoms with van der Waals surface area (Å²) in [6.07, 6.45) is 0. The Morgan fingerprint density at radius 1 is 1.14 bits per heavy atom. The van der Waals surface area contributed by atoms with Crippen molar-refractivity contribution in [1.82, 2.24) is 15.1 Å². The lowest BCUT2D eigenvalue weighted by Gasteiger charge is -2.27. The average molecular weight is 423 g/mol. The van der Waals surface area contributed by atoms with E-state index < -0.39 is 16.1 Å². The minimum Gasteiger partial charge on any atom is -0.331 e. The summed E-state index contributed by atoms with van der Waals surface area (Å²) in [5.74, 6) is -0.371. The molecule has 2 aromatic rings. The first kappa shape index (κ1) is 22.8. The maximum atomic E-state index is 14.1. The maximum absolute atomic E-state index is 14.1. The van der Waals surface area contributed by atoms with Gasteiger partial charge in [0, 0.05) is 18.7 Å². The van der Waals surface area contributed by atoms with Gasteiger partial charge in [-0.1, -0.05) is 30.3 Å². The van der Waals surface area contributed by atoms with E-state index in [4.69, 9.17) is 5.14 Å². The molecular formula is C20H27FN4O3S. The van der Waals surface area contributed by atoms with Gasteiger partial charge in [-0.15, -0.1) is 0 Å². The molecule has 0 saturated heterocycles. The molecule has 0 aliphatic heterocycles. The monoisotopic (exact) mass is 422 g/mol. The van der Waals surface area contributed by atoms with E-state index in [2.05, 4.69) is 5.32 Å². The zero-order valence-electron chi connectivity index (χ0n) is 16.8. The van der Waals surface area contributed by atoms with Gasteiger partial charge in [-0.05, 0) is 44.8 Å². The van der Waals surface area contributed by atoms with E-state index in [9.17, 15) is 17.6 Å². The molecule has 0 aliphatic carbocycles. The SMILES string of the molecule is CC(NC(=O)N(CCN(C)C)Cc1ccccc1F)c1cccc(S(N)(=O)=O)c1. The number of nitrogens with zero attached hydrogens (tertiary/aromatic N) is 2. The second-order valence-corrected chi connectivity index (χ2v) is 8.67. The van der Waals surface area contributed by atoms with Gasteiger partial charge in [-0.25, -0.2) is 22.7 Å². The number of carbonyl (C=O) groups excluding carboxylic acids is 1. The number of primary sulfonamides is 1. The third-order valence-electron chi connectivity index (χ3n) is 4.45. The Morgan fingerprint density at radius 3 is 2.45 bits per heavy atom. The number of halogens is 1. The number of carbonyl (C=O) groups is 1. The van der Waals surface area contributed by atoms with Crippen LogP contribution in [0.25, 0.3) is 0 Å². The van der Waals surface area contributed by atoms with Crippen LogP contribution < -0.4 is 10.5 Å². The highest BCUT2D eigenvalue weighted by molar-refractivity contribution is 7.89. The molecule has 1 atom stereocenters. The first-order chi connectivity index (χ1) is 13.6. The van der Waals surface area contributed by atoms with Gasteiger partial charge < -0.3 is 15.1 Å². The van der Waals surface area contributed by atoms with Crippen LogP contribution in [0.3, 0.4) is 0 Å². The van der Waals surface area contributed by atoms with Crippen molar-refractivity contribution in [2.24, 2.45) is 5.14 Å². The number of benzene rings is 2.